The van der Waals surface area contributed by atoms with E-state index in [1.165, 1.54) is 0 Å². The zero-order valence-corrected chi connectivity index (χ0v) is 6.68. The number of carbonyl (C=O) groups excluding carboxylic acids is 1. The summed E-state index contributed by atoms with van der Waals surface area (Å²) in [5.41, 5.74) is 0. The van der Waals surface area contributed by atoms with Crippen LogP contribution in [0.4, 0.5) is 8.78 Å². The SMILES string of the molecule is COC(=O)C1COCCC1(F)F. The van der Waals surface area contributed by atoms with E-state index in [4.69, 9.17) is 4.74 Å². The summed E-state index contributed by atoms with van der Waals surface area (Å²) in [5.74, 6) is -5.32. The summed E-state index contributed by atoms with van der Waals surface area (Å²) in [6, 6.07) is 0. The molecule has 0 aromatic carbocycles. The van der Waals surface area contributed by atoms with Crippen molar-refractivity contribution in [3.63, 3.8) is 0 Å². The molecule has 1 rings (SSSR count). The second-order valence-corrected chi connectivity index (χ2v) is 2.66. The lowest BCUT2D eigenvalue weighted by Gasteiger charge is -2.28. The largest absolute Gasteiger partial charge is 0.469 e. The van der Waals surface area contributed by atoms with E-state index in [0.29, 0.717) is 0 Å². The van der Waals surface area contributed by atoms with Crippen molar-refractivity contribution in [1.82, 2.24) is 0 Å². The maximum atomic E-state index is 12.9. The number of ether oxygens (including phenoxy) is 2. The van der Waals surface area contributed by atoms with Crippen molar-refractivity contribution in [3.05, 3.63) is 0 Å². The smallest absolute Gasteiger partial charge is 0.317 e. The Balaban J connectivity index is 2.66. The zero-order chi connectivity index (χ0) is 9.19. The maximum absolute atomic E-state index is 12.9. The van der Waals surface area contributed by atoms with Crippen molar-refractivity contribution in [1.29, 1.82) is 0 Å². The Kier molecular flexibility index (Phi) is 2.62. The highest BCUT2D eigenvalue weighted by Crippen LogP contribution is 2.32. The van der Waals surface area contributed by atoms with E-state index in [0.717, 1.165) is 7.11 Å². The monoisotopic (exact) mass is 180 g/mol. The van der Waals surface area contributed by atoms with E-state index in [1.54, 1.807) is 0 Å². The highest BCUT2D eigenvalue weighted by Gasteiger charge is 2.47. The third kappa shape index (κ3) is 1.72. The Labute approximate surface area is 68.6 Å². The van der Waals surface area contributed by atoms with Crippen molar-refractivity contribution in [2.45, 2.75) is 12.3 Å². The first-order valence-corrected chi connectivity index (χ1v) is 3.61. The number of alkyl halides is 2. The molecule has 1 aliphatic heterocycles. The van der Waals surface area contributed by atoms with Crippen LogP contribution in [0.15, 0.2) is 0 Å². The summed E-state index contributed by atoms with van der Waals surface area (Å²) in [6.07, 6.45) is -0.410. The fourth-order valence-electron chi connectivity index (χ4n) is 1.09. The second-order valence-electron chi connectivity index (χ2n) is 2.66. The standard InChI is InChI=1S/C7H10F2O3/c1-11-6(10)5-4-12-3-2-7(5,8)9/h5H,2-4H2,1H3. The Morgan fingerprint density at radius 3 is 2.83 bits per heavy atom. The molecule has 70 valence electrons. The summed E-state index contributed by atoms with van der Waals surface area (Å²) in [4.78, 5) is 10.8. The highest BCUT2D eigenvalue weighted by atomic mass is 19.3. The predicted molar refractivity (Wildman–Crippen MR) is 35.9 cm³/mol. The highest BCUT2D eigenvalue weighted by molar-refractivity contribution is 5.73. The molecular formula is C7H10F2O3. The van der Waals surface area contributed by atoms with Gasteiger partial charge in [0.2, 0.25) is 0 Å². The van der Waals surface area contributed by atoms with E-state index >= 15 is 0 Å². The van der Waals surface area contributed by atoms with Gasteiger partial charge in [-0.25, -0.2) is 8.78 Å². The molecular weight excluding hydrogens is 170 g/mol. The van der Waals surface area contributed by atoms with Crippen molar-refractivity contribution in [2.75, 3.05) is 20.3 Å². The van der Waals surface area contributed by atoms with E-state index < -0.39 is 24.2 Å². The minimum Gasteiger partial charge on any atom is -0.469 e. The van der Waals surface area contributed by atoms with Crippen molar-refractivity contribution < 1.29 is 23.0 Å². The molecule has 0 spiro atoms. The lowest BCUT2D eigenvalue weighted by atomic mass is 9.98. The maximum Gasteiger partial charge on any atom is 0.317 e. The van der Waals surface area contributed by atoms with Crippen LogP contribution in [0.25, 0.3) is 0 Å². The first-order valence-electron chi connectivity index (χ1n) is 3.61. The Hall–Kier alpha value is -0.710. The number of halogens is 2. The van der Waals surface area contributed by atoms with Crippen LogP contribution in [0.3, 0.4) is 0 Å². The normalized spacial score (nSPS) is 28.1. The third-order valence-electron chi connectivity index (χ3n) is 1.86. The minimum absolute atomic E-state index is 0.000490. The topological polar surface area (TPSA) is 35.5 Å². The van der Waals surface area contributed by atoms with Gasteiger partial charge in [0.05, 0.1) is 20.3 Å². The Morgan fingerprint density at radius 1 is 1.67 bits per heavy atom. The van der Waals surface area contributed by atoms with Gasteiger partial charge in [-0.1, -0.05) is 0 Å². The first-order chi connectivity index (χ1) is 5.58. The summed E-state index contributed by atoms with van der Waals surface area (Å²) < 4.78 is 34.8. The molecule has 12 heavy (non-hydrogen) atoms. The molecule has 1 atom stereocenters. The van der Waals surface area contributed by atoms with E-state index in [1.807, 2.05) is 0 Å². The molecule has 1 fully saturated rings. The number of carbonyl (C=O) groups is 1. The molecule has 0 aromatic heterocycles. The fourth-order valence-corrected chi connectivity index (χ4v) is 1.09. The summed E-state index contributed by atoms with van der Waals surface area (Å²) >= 11 is 0. The number of rotatable bonds is 1. The van der Waals surface area contributed by atoms with Gasteiger partial charge >= 0.3 is 5.97 Å². The molecule has 0 aliphatic carbocycles. The quantitative estimate of drug-likeness (QED) is 0.561. The molecule has 1 saturated heterocycles. The van der Waals surface area contributed by atoms with Crippen LogP contribution in [0.5, 0.6) is 0 Å². The lowest BCUT2D eigenvalue weighted by Crippen LogP contribution is -2.43. The minimum atomic E-state index is -2.98. The van der Waals surface area contributed by atoms with Gasteiger partial charge in [-0.3, -0.25) is 4.79 Å². The molecule has 0 amide bonds. The summed E-state index contributed by atoms with van der Waals surface area (Å²) in [7, 11) is 1.09. The first kappa shape index (κ1) is 9.38. The fraction of sp³-hybridized carbons (Fsp3) is 0.857. The number of hydrogen-bond donors (Lipinski definition) is 0. The van der Waals surface area contributed by atoms with Crippen molar-refractivity contribution >= 4 is 5.97 Å². The molecule has 0 aromatic rings. The van der Waals surface area contributed by atoms with Crippen molar-refractivity contribution in [3.8, 4) is 0 Å². The van der Waals surface area contributed by atoms with Gasteiger partial charge in [0, 0.05) is 6.42 Å². The molecule has 5 heteroatoms. The van der Waals surface area contributed by atoms with E-state index in [2.05, 4.69) is 4.74 Å². The molecule has 0 N–H and O–H groups in total. The van der Waals surface area contributed by atoms with Crippen LogP contribution in [-0.4, -0.2) is 32.2 Å². The van der Waals surface area contributed by atoms with E-state index in [-0.39, 0.29) is 13.2 Å². The van der Waals surface area contributed by atoms with Gasteiger partial charge in [-0.05, 0) is 0 Å². The van der Waals surface area contributed by atoms with Gasteiger partial charge in [-0.2, -0.15) is 0 Å². The van der Waals surface area contributed by atoms with Crippen LogP contribution in [0.1, 0.15) is 6.42 Å². The van der Waals surface area contributed by atoms with Crippen molar-refractivity contribution in [2.24, 2.45) is 5.92 Å². The Bertz CT molecular complexity index is 181. The number of esters is 1. The average molecular weight is 180 g/mol. The Morgan fingerprint density at radius 2 is 2.33 bits per heavy atom. The predicted octanol–water partition coefficient (Wildman–Crippen LogP) is 0.831. The van der Waals surface area contributed by atoms with Crippen LogP contribution in [0, 0.1) is 5.92 Å². The summed E-state index contributed by atoms with van der Waals surface area (Å²) in [6.45, 7) is -0.250. The van der Waals surface area contributed by atoms with Crippen LogP contribution in [-0.2, 0) is 14.3 Å². The molecule has 1 unspecified atom stereocenters. The van der Waals surface area contributed by atoms with Gasteiger partial charge in [0.1, 0.15) is 5.92 Å². The van der Waals surface area contributed by atoms with Crippen LogP contribution < -0.4 is 0 Å². The van der Waals surface area contributed by atoms with Crippen LogP contribution in [0.2, 0.25) is 0 Å². The average Bonchev–Trinajstić information content (AvgIpc) is 2.02. The molecule has 0 saturated carbocycles. The zero-order valence-electron chi connectivity index (χ0n) is 6.68. The molecule has 0 radical (unpaired) electrons. The number of methoxy groups -OCH3 is 1. The third-order valence-corrected chi connectivity index (χ3v) is 1.86. The van der Waals surface area contributed by atoms with Gasteiger partial charge in [0.25, 0.3) is 5.92 Å². The molecule has 1 heterocycles. The lowest BCUT2D eigenvalue weighted by molar-refractivity contribution is -0.181. The van der Waals surface area contributed by atoms with Crippen LogP contribution >= 0.6 is 0 Å². The van der Waals surface area contributed by atoms with Gasteiger partial charge in [0.15, 0.2) is 0 Å². The van der Waals surface area contributed by atoms with Gasteiger partial charge in [-0.15, -0.1) is 0 Å². The molecule has 1 aliphatic rings. The van der Waals surface area contributed by atoms with Gasteiger partial charge < -0.3 is 9.47 Å². The summed E-state index contributed by atoms with van der Waals surface area (Å²) in [5, 5.41) is 0. The second kappa shape index (κ2) is 3.35. The molecule has 0 bridgehead atoms. The molecule has 3 nitrogen and oxygen atoms in total. The number of hydrogen-bond acceptors (Lipinski definition) is 3. The van der Waals surface area contributed by atoms with E-state index in [9.17, 15) is 13.6 Å².